The maximum absolute atomic E-state index is 12.1. The van der Waals surface area contributed by atoms with Crippen LogP contribution in [0.4, 0.5) is 0 Å². The fourth-order valence-electron chi connectivity index (χ4n) is 3.92. The minimum absolute atomic E-state index is 0.0846. The molecule has 0 aliphatic carbocycles. The van der Waals surface area contributed by atoms with Crippen LogP contribution in [0.3, 0.4) is 0 Å². The molecule has 0 bridgehead atoms. The molecule has 2 aliphatic rings. The predicted molar refractivity (Wildman–Crippen MR) is 101 cm³/mol. The third-order valence-electron chi connectivity index (χ3n) is 5.40. The summed E-state index contributed by atoms with van der Waals surface area (Å²) in [4.78, 5) is 22.0. The number of hydrogen-bond donors (Lipinski definition) is 3. The highest BCUT2D eigenvalue weighted by atomic mass is 16.3. The molecule has 3 heterocycles. The number of nitrogens with zero attached hydrogens (tertiary/aromatic N) is 2. The van der Waals surface area contributed by atoms with Gasteiger partial charge in [-0.2, -0.15) is 0 Å². The summed E-state index contributed by atoms with van der Waals surface area (Å²) in [5.41, 5.74) is 2.96. The fraction of sp³-hybridized carbons (Fsp3) is 0.500. The second-order valence-corrected chi connectivity index (χ2v) is 7.42. The monoisotopic (exact) mass is 354 g/mol. The summed E-state index contributed by atoms with van der Waals surface area (Å²) in [7, 11) is 0. The lowest BCUT2D eigenvalue weighted by Gasteiger charge is -2.22. The molecule has 138 valence electrons. The molecule has 1 aromatic heterocycles. The highest BCUT2D eigenvalue weighted by Crippen LogP contribution is 2.24. The molecule has 0 radical (unpaired) electrons. The van der Waals surface area contributed by atoms with Crippen molar-refractivity contribution in [3.8, 4) is 11.4 Å². The van der Waals surface area contributed by atoms with Gasteiger partial charge < -0.3 is 15.4 Å². The van der Waals surface area contributed by atoms with Crippen molar-refractivity contribution < 1.29 is 5.11 Å². The zero-order valence-corrected chi connectivity index (χ0v) is 14.9. The van der Waals surface area contributed by atoms with Gasteiger partial charge in [-0.05, 0) is 37.9 Å². The summed E-state index contributed by atoms with van der Waals surface area (Å²) >= 11 is 0. The van der Waals surface area contributed by atoms with E-state index >= 15 is 0 Å². The molecule has 26 heavy (non-hydrogen) atoms. The van der Waals surface area contributed by atoms with Gasteiger partial charge in [-0.3, -0.25) is 9.69 Å². The summed E-state index contributed by atoms with van der Waals surface area (Å²) in [6.07, 6.45) is 2.71. The Balaban J connectivity index is 1.51. The Kier molecular flexibility index (Phi) is 5.15. The van der Waals surface area contributed by atoms with Crippen molar-refractivity contribution in [2.75, 3.05) is 26.2 Å². The van der Waals surface area contributed by atoms with Crippen molar-refractivity contribution in [1.29, 1.82) is 0 Å². The van der Waals surface area contributed by atoms with E-state index in [1.165, 1.54) is 5.56 Å². The highest BCUT2D eigenvalue weighted by molar-refractivity contribution is 5.55. The first kappa shape index (κ1) is 17.4. The Morgan fingerprint density at radius 3 is 2.62 bits per heavy atom. The molecule has 2 aromatic rings. The molecule has 2 aliphatic heterocycles. The van der Waals surface area contributed by atoms with Gasteiger partial charge in [-0.1, -0.05) is 24.3 Å². The van der Waals surface area contributed by atoms with Crippen LogP contribution in [0.1, 0.15) is 36.4 Å². The van der Waals surface area contributed by atoms with E-state index in [2.05, 4.69) is 27.3 Å². The molecule has 0 amide bonds. The number of aromatic amines is 1. The van der Waals surface area contributed by atoms with Crippen LogP contribution in [-0.2, 0) is 6.54 Å². The van der Waals surface area contributed by atoms with Crippen LogP contribution in [0.25, 0.3) is 11.4 Å². The Bertz CT molecular complexity index is 796. The second kappa shape index (κ2) is 7.70. The van der Waals surface area contributed by atoms with Crippen LogP contribution >= 0.6 is 0 Å². The molecule has 2 fully saturated rings. The summed E-state index contributed by atoms with van der Waals surface area (Å²) in [6.45, 7) is 4.49. The number of hydrogen-bond acceptors (Lipinski definition) is 5. The predicted octanol–water partition coefficient (Wildman–Crippen LogP) is 1.47. The molecule has 0 spiro atoms. The highest BCUT2D eigenvalue weighted by Gasteiger charge is 2.20. The first-order valence-electron chi connectivity index (χ1n) is 9.49. The topological polar surface area (TPSA) is 81.2 Å². The molecule has 1 atom stereocenters. The van der Waals surface area contributed by atoms with E-state index in [9.17, 15) is 9.90 Å². The molecule has 6 heteroatoms. The summed E-state index contributed by atoms with van der Waals surface area (Å²) < 4.78 is 0. The van der Waals surface area contributed by atoms with Crippen LogP contribution in [0.2, 0.25) is 0 Å². The molecule has 0 unspecified atom stereocenters. The standard InChI is InChI=1S/C20H26N4O2/c25-17-7-10-24(13-17)12-14-1-3-16(4-2-14)20-22-18(11-19(26)23-20)15-5-8-21-9-6-15/h1-4,11,15,17,21,25H,5-10,12-13H2,(H,22,23,26)/t17-/m1/s1. The maximum atomic E-state index is 12.1. The molecule has 4 rings (SSSR count). The number of aliphatic hydroxyl groups excluding tert-OH is 1. The number of β-amino-alcohol motifs (C(OH)–C–C–N with tert-alkyl or cyclic N) is 1. The van der Waals surface area contributed by atoms with E-state index in [0.29, 0.717) is 11.7 Å². The lowest BCUT2D eigenvalue weighted by molar-refractivity contribution is 0.175. The average molecular weight is 354 g/mol. The minimum Gasteiger partial charge on any atom is -0.392 e. The molecular weight excluding hydrogens is 328 g/mol. The Labute approximate surface area is 153 Å². The van der Waals surface area contributed by atoms with Crippen molar-refractivity contribution in [3.05, 3.63) is 51.9 Å². The fourth-order valence-corrected chi connectivity index (χ4v) is 3.92. The summed E-state index contributed by atoms with van der Waals surface area (Å²) in [6, 6.07) is 9.85. The normalized spacial score (nSPS) is 22.0. The quantitative estimate of drug-likeness (QED) is 0.775. The van der Waals surface area contributed by atoms with Gasteiger partial charge >= 0.3 is 0 Å². The van der Waals surface area contributed by atoms with Crippen LogP contribution in [0.5, 0.6) is 0 Å². The largest absolute Gasteiger partial charge is 0.392 e. The van der Waals surface area contributed by atoms with E-state index in [0.717, 1.165) is 63.2 Å². The summed E-state index contributed by atoms with van der Waals surface area (Å²) in [5.74, 6) is 1.01. The zero-order chi connectivity index (χ0) is 17.9. The Hall–Kier alpha value is -2.02. The number of aromatic nitrogens is 2. The molecule has 1 aromatic carbocycles. The van der Waals surface area contributed by atoms with Crippen molar-refractivity contribution in [2.24, 2.45) is 0 Å². The van der Waals surface area contributed by atoms with E-state index in [1.807, 2.05) is 12.1 Å². The number of aliphatic hydroxyl groups is 1. The van der Waals surface area contributed by atoms with Gasteiger partial charge in [0.05, 0.1) is 11.8 Å². The van der Waals surface area contributed by atoms with Crippen LogP contribution in [0, 0.1) is 0 Å². The van der Waals surface area contributed by atoms with Crippen LogP contribution < -0.4 is 10.9 Å². The smallest absolute Gasteiger partial charge is 0.251 e. The van der Waals surface area contributed by atoms with E-state index in [4.69, 9.17) is 4.98 Å². The molecule has 2 saturated heterocycles. The van der Waals surface area contributed by atoms with Gasteiger partial charge in [-0.25, -0.2) is 4.98 Å². The van der Waals surface area contributed by atoms with Gasteiger partial charge in [0.2, 0.25) is 0 Å². The lowest BCUT2D eigenvalue weighted by atomic mass is 9.94. The molecular formula is C20H26N4O2. The van der Waals surface area contributed by atoms with Gasteiger partial charge in [0, 0.05) is 37.2 Å². The van der Waals surface area contributed by atoms with Crippen molar-refractivity contribution in [2.45, 2.75) is 37.8 Å². The third-order valence-corrected chi connectivity index (χ3v) is 5.40. The number of piperidine rings is 1. The molecule has 0 saturated carbocycles. The lowest BCUT2D eigenvalue weighted by Crippen LogP contribution is -2.28. The van der Waals surface area contributed by atoms with Gasteiger partial charge in [0.1, 0.15) is 5.82 Å². The zero-order valence-electron chi connectivity index (χ0n) is 14.9. The van der Waals surface area contributed by atoms with Crippen molar-refractivity contribution in [3.63, 3.8) is 0 Å². The number of nitrogens with one attached hydrogen (secondary N) is 2. The van der Waals surface area contributed by atoms with Crippen molar-refractivity contribution >= 4 is 0 Å². The van der Waals surface area contributed by atoms with E-state index in [1.54, 1.807) is 6.07 Å². The SMILES string of the molecule is O=c1cc(C2CCNCC2)nc(-c2ccc(CN3CC[C@@H](O)C3)cc2)[nH]1. The number of likely N-dealkylation sites (tertiary alicyclic amines) is 1. The third kappa shape index (κ3) is 4.03. The van der Waals surface area contributed by atoms with Crippen molar-refractivity contribution in [1.82, 2.24) is 20.2 Å². The van der Waals surface area contributed by atoms with E-state index < -0.39 is 0 Å². The number of benzene rings is 1. The maximum Gasteiger partial charge on any atom is 0.251 e. The first-order chi connectivity index (χ1) is 12.7. The van der Waals surface area contributed by atoms with Crippen LogP contribution in [0.15, 0.2) is 35.1 Å². The number of H-pyrrole nitrogens is 1. The Morgan fingerprint density at radius 1 is 1.15 bits per heavy atom. The van der Waals surface area contributed by atoms with E-state index in [-0.39, 0.29) is 11.7 Å². The Morgan fingerprint density at radius 2 is 1.92 bits per heavy atom. The molecule has 3 N–H and O–H groups in total. The first-order valence-corrected chi connectivity index (χ1v) is 9.49. The minimum atomic E-state index is -0.193. The number of rotatable bonds is 4. The van der Waals surface area contributed by atoms with Gasteiger partial charge in [-0.15, -0.1) is 0 Å². The summed E-state index contributed by atoms with van der Waals surface area (Å²) in [5, 5.41) is 13.0. The van der Waals surface area contributed by atoms with Gasteiger partial charge in [0.25, 0.3) is 5.56 Å². The average Bonchev–Trinajstić information content (AvgIpc) is 3.07. The molecule has 6 nitrogen and oxygen atoms in total. The van der Waals surface area contributed by atoms with Gasteiger partial charge in [0.15, 0.2) is 0 Å². The van der Waals surface area contributed by atoms with Crippen LogP contribution in [-0.4, -0.2) is 52.3 Å². The second-order valence-electron chi connectivity index (χ2n) is 7.42.